The fourth-order valence-electron chi connectivity index (χ4n) is 9.19. The van der Waals surface area contributed by atoms with Crippen molar-refractivity contribution >= 4 is 80.1 Å². The number of imide groups is 1. The number of carbonyl (C=O) groups excluding carboxylic acids is 2. The number of ether oxygens (including phenoxy) is 2. The summed E-state index contributed by atoms with van der Waals surface area (Å²) in [5.74, 6) is 1.50. The van der Waals surface area contributed by atoms with Crippen LogP contribution in [0.5, 0.6) is 11.5 Å². The van der Waals surface area contributed by atoms with Crippen molar-refractivity contribution in [2.24, 2.45) is 0 Å². The lowest BCUT2D eigenvalue weighted by molar-refractivity contribution is -0.134. The zero-order chi connectivity index (χ0) is 44.3. The van der Waals surface area contributed by atoms with E-state index in [0.29, 0.717) is 68.6 Å². The zero-order valence-corrected chi connectivity index (χ0v) is 39.1. The minimum absolute atomic E-state index is 0.211. The van der Waals surface area contributed by atoms with E-state index in [-0.39, 0.29) is 17.7 Å². The maximum atomic E-state index is 13.5. The lowest BCUT2D eigenvalue weighted by Crippen LogP contribution is -2.53. The fourth-order valence-corrected chi connectivity index (χ4v) is 10.9. The first kappa shape index (κ1) is 44.5. The molecule has 3 aromatic carbocycles. The van der Waals surface area contributed by atoms with E-state index in [0.717, 1.165) is 82.7 Å². The first-order valence-electron chi connectivity index (χ1n) is 21.7. The van der Waals surface area contributed by atoms with Crippen molar-refractivity contribution < 1.29 is 23.6 Å². The molecule has 2 aromatic heterocycles. The van der Waals surface area contributed by atoms with Crippen LogP contribution in [-0.4, -0.2) is 121 Å². The Morgan fingerprint density at radius 1 is 0.873 bits per heavy atom. The number of aryl methyl sites for hydroxylation is 1. The molecule has 3 aliphatic rings. The average Bonchev–Trinajstić information content (AvgIpc) is 3.29. The van der Waals surface area contributed by atoms with Gasteiger partial charge in [0.05, 0.1) is 46.8 Å². The highest BCUT2D eigenvalue weighted by Gasteiger charge is 2.31. The van der Waals surface area contributed by atoms with Gasteiger partial charge in [-0.05, 0) is 96.8 Å². The van der Waals surface area contributed by atoms with Crippen LogP contribution in [0, 0.1) is 0 Å². The molecule has 3 fully saturated rings. The second-order valence-electron chi connectivity index (χ2n) is 16.8. The Kier molecular flexibility index (Phi) is 13.6. The Morgan fingerprint density at radius 3 is 2.35 bits per heavy atom. The van der Waals surface area contributed by atoms with E-state index in [1.54, 1.807) is 46.1 Å². The van der Waals surface area contributed by atoms with Gasteiger partial charge in [-0.1, -0.05) is 19.1 Å². The van der Waals surface area contributed by atoms with Crippen molar-refractivity contribution in [2.75, 3.05) is 88.9 Å². The molecule has 3 saturated heterocycles. The quantitative estimate of drug-likeness (QED) is 0.0782. The number of aromatic nitrogens is 4. The van der Waals surface area contributed by atoms with Crippen LogP contribution in [0.15, 0.2) is 65.5 Å². The van der Waals surface area contributed by atoms with Crippen LogP contribution in [0.4, 0.5) is 28.8 Å². The number of piperidine rings is 2. The molecule has 332 valence electrons. The molecule has 5 heterocycles. The van der Waals surface area contributed by atoms with E-state index < -0.39 is 7.14 Å². The van der Waals surface area contributed by atoms with Crippen molar-refractivity contribution in [3.05, 3.63) is 82.2 Å². The molecular formula is C46H56BrN10O5P. The van der Waals surface area contributed by atoms with Crippen molar-refractivity contribution in [1.82, 2.24) is 35.1 Å². The Bertz CT molecular complexity index is 2540. The van der Waals surface area contributed by atoms with Gasteiger partial charge >= 0.3 is 0 Å². The Labute approximate surface area is 377 Å². The maximum absolute atomic E-state index is 13.5. The molecule has 0 bridgehead atoms. The molecule has 17 heteroatoms. The van der Waals surface area contributed by atoms with Gasteiger partial charge in [0.1, 0.15) is 30.0 Å². The second kappa shape index (κ2) is 19.3. The maximum Gasteiger partial charge on any atom is 0.234 e. The fraction of sp³-hybridized carbons (Fsp3) is 0.435. The summed E-state index contributed by atoms with van der Waals surface area (Å²) in [6, 6.07) is 14.7. The largest absolute Gasteiger partial charge is 0.496 e. The first-order chi connectivity index (χ1) is 30.4. The number of carbonyl (C=O) groups is 2. The number of piperazine rings is 1. The second-order valence-corrected chi connectivity index (χ2v) is 20.8. The van der Waals surface area contributed by atoms with Crippen LogP contribution in [0.1, 0.15) is 55.2 Å². The van der Waals surface area contributed by atoms with Crippen LogP contribution in [-0.2, 0) is 27.0 Å². The molecule has 8 rings (SSSR count). The van der Waals surface area contributed by atoms with Crippen LogP contribution < -0.4 is 35.6 Å². The summed E-state index contributed by atoms with van der Waals surface area (Å²) >= 11 is 3.60. The van der Waals surface area contributed by atoms with Gasteiger partial charge in [0.25, 0.3) is 0 Å². The smallest absolute Gasteiger partial charge is 0.234 e. The number of fused-ring (bicyclic) bond motifs is 1. The monoisotopic (exact) mass is 938 g/mol. The molecule has 0 spiro atoms. The molecule has 0 radical (unpaired) electrons. The summed E-state index contributed by atoms with van der Waals surface area (Å²) in [6.07, 6.45) is 9.74. The predicted octanol–water partition coefficient (Wildman–Crippen LogP) is 6.85. The number of rotatable bonds is 14. The van der Waals surface area contributed by atoms with Gasteiger partial charge in [0, 0.05) is 94.2 Å². The molecule has 0 aliphatic carbocycles. The summed E-state index contributed by atoms with van der Waals surface area (Å²) < 4.78 is 25.8. The average molecular weight is 940 g/mol. The molecular weight excluding hydrogens is 883 g/mol. The van der Waals surface area contributed by atoms with Crippen molar-refractivity contribution in [1.29, 1.82) is 0 Å². The highest BCUT2D eigenvalue weighted by molar-refractivity contribution is 9.10. The Hall–Kier alpha value is -5.15. The number of anilines is 5. The van der Waals surface area contributed by atoms with Crippen molar-refractivity contribution in [3.8, 4) is 11.5 Å². The SMILES string of the molecule is CCc1cc(Nc2ncc(Br)c(Nc3ccc4nccnc4c3P(C)(C)=O)n2)c(OC)cc1N1CCC(N2CCN(CCc3ccc(C4CCC(=O)NC4=O)c(OC)c3)CC2)CC1. The third-order valence-corrected chi connectivity index (χ3v) is 14.6. The summed E-state index contributed by atoms with van der Waals surface area (Å²) in [5, 5.41) is 9.87. The van der Waals surface area contributed by atoms with E-state index in [1.807, 2.05) is 18.2 Å². The number of hydrogen-bond acceptors (Lipinski definition) is 14. The third kappa shape index (κ3) is 9.99. The third-order valence-electron chi connectivity index (χ3n) is 12.5. The lowest BCUT2D eigenvalue weighted by Gasteiger charge is -2.43. The normalized spacial score (nSPS) is 18.1. The van der Waals surface area contributed by atoms with Gasteiger partial charge in [-0.2, -0.15) is 4.98 Å². The highest BCUT2D eigenvalue weighted by Crippen LogP contribution is 2.42. The van der Waals surface area contributed by atoms with Crippen LogP contribution >= 0.6 is 23.1 Å². The molecule has 1 atom stereocenters. The van der Waals surface area contributed by atoms with Gasteiger partial charge in [-0.15, -0.1) is 0 Å². The van der Waals surface area contributed by atoms with E-state index >= 15 is 0 Å². The number of nitrogens with zero attached hydrogens (tertiary/aromatic N) is 7. The number of hydrogen-bond donors (Lipinski definition) is 3. The lowest BCUT2D eigenvalue weighted by atomic mass is 9.89. The van der Waals surface area contributed by atoms with Gasteiger partial charge in [-0.25, -0.2) is 4.98 Å². The number of nitrogens with one attached hydrogen (secondary N) is 3. The molecule has 0 saturated carbocycles. The van der Waals surface area contributed by atoms with Crippen molar-refractivity contribution in [3.63, 3.8) is 0 Å². The molecule has 2 amide bonds. The van der Waals surface area contributed by atoms with Crippen LogP contribution in [0.25, 0.3) is 11.0 Å². The van der Waals surface area contributed by atoms with Gasteiger partial charge in [0.15, 0.2) is 0 Å². The van der Waals surface area contributed by atoms with Crippen molar-refractivity contribution in [2.45, 2.75) is 57.4 Å². The van der Waals surface area contributed by atoms with Gasteiger partial charge in [-0.3, -0.25) is 29.8 Å². The summed E-state index contributed by atoms with van der Waals surface area (Å²) in [6.45, 7) is 12.7. The van der Waals surface area contributed by atoms with Gasteiger partial charge < -0.3 is 34.5 Å². The number of methoxy groups -OCH3 is 2. The van der Waals surface area contributed by atoms with Crippen LogP contribution in [0.3, 0.4) is 0 Å². The number of benzene rings is 3. The summed E-state index contributed by atoms with van der Waals surface area (Å²) in [7, 11) is 0.557. The minimum Gasteiger partial charge on any atom is -0.496 e. The molecule has 3 N–H and O–H groups in total. The molecule has 63 heavy (non-hydrogen) atoms. The predicted molar refractivity (Wildman–Crippen MR) is 252 cm³/mol. The summed E-state index contributed by atoms with van der Waals surface area (Å²) in [4.78, 5) is 50.2. The minimum atomic E-state index is -2.77. The van der Waals surface area contributed by atoms with Gasteiger partial charge in [0.2, 0.25) is 17.8 Å². The zero-order valence-electron chi connectivity index (χ0n) is 36.6. The number of halogens is 1. The highest BCUT2D eigenvalue weighted by atomic mass is 79.9. The van der Waals surface area contributed by atoms with E-state index in [9.17, 15) is 14.2 Å². The topological polar surface area (TPSA) is 167 Å². The number of amides is 2. The Balaban J connectivity index is 0.866. The first-order valence-corrected chi connectivity index (χ1v) is 25.1. The Morgan fingerprint density at radius 2 is 1.63 bits per heavy atom. The summed E-state index contributed by atoms with van der Waals surface area (Å²) in [5.41, 5.74) is 7.14. The molecule has 5 aromatic rings. The van der Waals surface area contributed by atoms with E-state index in [1.165, 1.54) is 16.8 Å². The molecule has 15 nitrogen and oxygen atoms in total. The standard InChI is InChI=1S/C46H56BrN10O5P/c1-6-30-26-37(52-46-50-28-34(47)44(54-46)51-36-11-10-35-42(49-17-16-48-35)43(36)63(4,5)60)40(62-3)27-38(30)57-19-14-31(15-20-57)56-23-21-55(22-24-56)18-13-29-7-8-32(39(25-29)61-2)33-9-12-41(58)53-45(33)59/h7-8,10-11,16-17,25-28,31,33H,6,9,12-15,18-24H2,1-5H3,(H,53,58,59)(H2,50,51,52,54). The van der Waals surface area contributed by atoms with Crippen LogP contribution in [0.2, 0.25) is 0 Å². The molecule has 1 unspecified atom stereocenters. The van der Waals surface area contributed by atoms with E-state index in [4.69, 9.17) is 14.5 Å². The van der Waals surface area contributed by atoms with E-state index in [2.05, 4.69) is 92.7 Å². The molecule has 3 aliphatic heterocycles.